The number of rotatable bonds is 7. The zero-order valence-corrected chi connectivity index (χ0v) is 16.6. The van der Waals surface area contributed by atoms with Crippen LogP contribution in [0, 0.1) is 5.82 Å². The van der Waals surface area contributed by atoms with Gasteiger partial charge in [-0.05, 0) is 59.8 Å². The summed E-state index contributed by atoms with van der Waals surface area (Å²) >= 11 is 6.68. The summed E-state index contributed by atoms with van der Waals surface area (Å²) in [5.41, 5.74) is 0.756. The summed E-state index contributed by atoms with van der Waals surface area (Å²) in [5.74, 6) is -0.867. The number of hydrogen-bond donors (Lipinski definition) is 1. The summed E-state index contributed by atoms with van der Waals surface area (Å²) in [7, 11) is 0. The van der Waals surface area contributed by atoms with Gasteiger partial charge in [0.2, 0.25) is 0 Å². The van der Waals surface area contributed by atoms with Crippen LogP contribution in [0.4, 0.5) is 9.18 Å². The highest BCUT2D eigenvalue weighted by Crippen LogP contribution is 2.32. The molecular formula is C20H16ClFN2O4S. The van der Waals surface area contributed by atoms with Gasteiger partial charge in [0.15, 0.2) is 6.61 Å². The fourth-order valence-electron chi connectivity index (χ4n) is 2.44. The molecule has 2 aromatic carbocycles. The Bertz CT molecular complexity index is 948. The summed E-state index contributed by atoms with van der Waals surface area (Å²) in [5, 5.41) is 2.76. The van der Waals surface area contributed by atoms with Crippen LogP contribution >= 0.6 is 23.4 Å². The topological polar surface area (TPSA) is 75.7 Å². The van der Waals surface area contributed by atoms with Crippen LogP contribution in [0.5, 0.6) is 5.75 Å². The number of carbonyl (C=O) groups excluding carboxylic acids is 3. The van der Waals surface area contributed by atoms with Gasteiger partial charge in [0.25, 0.3) is 17.1 Å². The first-order chi connectivity index (χ1) is 13.9. The zero-order valence-electron chi connectivity index (χ0n) is 15.1. The maximum atomic E-state index is 12.8. The van der Waals surface area contributed by atoms with Crippen molar-refractivity contribution in [2.45, 2.75) is 0 Å². The van der Waals surface area contributed by atoms with E-state index in [2.05, 4.69) is 5.32 Å². The molecular weight excluding hydrogens is 419 g/mol. The van der Waals surface area contributed by atoms with Gasteiger partial charge in [-0.3, -0.25) is 19.3 Å². The van der Waals surface area contributed by atoms with E-state index in [0.29, 0.717) is 15.7 Å². The Morgan fingerprint density at radius 1 is 1.14 bits per heavy atom. The fraction of sp³-hybridized carbons (Fsp3) is 0.150. The highest BCUT2D eigenvalue weighted by atomic mass is 35.5. The first-order valence-corrected chi connectivity index (χ1v) is 9.78. The van der Waals surface area contributed by atoms with Gasteiger partial charge >= 0.3 is 0 Å². The van der Waals surface area contributed by atoms with Gasteiger partial charge in [0.05, 0.1) is 4.91 Å². The SMILES string of the molecule is O=C(COc1ccc(F)cc1)NCCN1C(=O)S/C(=C\c2ccc(Cl)cc2)C1=O. The Kier molecular flexibility index (Phi) is 6.90. The molecule has 0 bridgehead atoms. The van der Waals surface area contributed by atoms with Gasteiger partial charge in [-0.25, -0.2) is 4.39 Å². The van der Waals surface area contributed by atoms with Crippen LogP contribution in [0.3, 0.4) is 0 Å². The summed E-state index contributed by atoms with van der Waals surface area (Å²) in [6, 6.07) is 12.2. The Hall–Kier alpha value is -2.84. The zero-order chi connectivity index (χ0) is 20.8. The van der Waals surface area contributed by atoms with Crippen LogP contribution < -0.4 is 10.1 Å². The van der Waals surface area contributed by atoms with Crippen molar-refractivity contribution in [3.8, 4) is 5.75 Å². The fourth-order valence-corrected chi connectivity index (χ4v) is 3.43. The predicted octanol–water partition coefficient (Wildman–Crippen LogP) is 3.71. The molecule has 0 radical (unpaired) electrons. The Morgan fingerprint density at radius 3 is 2.52 bits per heavy atom. The van der Waals surface area contributed by atoms with E-state index in [9.17, 15) is 18.8 Å². The smallest absolute Gasteiger partial charge is 0.293 e. The predicted molar refractivity (Wildman–Crippen MR) is 109 cm³/mol. The third kappa shape index (κ3) is 5.82. The molecule has 0 unspecified atom stereocenters. The number of imide groups is 1. The molecule has 0 spiro atoms. The second-order valence-corrected chi connectivity index (χ2v) is 7.41. The van der Waals surface area contributed by atoms with Crippen molar-refractivity contribution < 1.29 is 23.5 Å². The minimum atomic E-state index is -0.419. The van der Waals surface area contributed by atoms with Crippen molar-refractivity contribution in [2.75, 3.05) is 19.7 Å². The molecule has 9 heteroatoms. The second kappa shape index (κ2) is 9.58. The molecule has 2 aromatic rings. The third-order valence-corrected chi connectivity index (χ3v) is 5.04. The number of carbonyl (C=O) groups is 3. The largest absolute Gasteiger partial charge is 0.484 e. The molecule has 150 valence electrons. The Labute approximate surface area is 175 Å². The van der Waals surface area contributed by atoms with E-state index in [1.54, 1.807) is 30.3 Å². The summed E-state index contributed by atoms with van der Waals surface area (Å²) < 4.78 is 18.1. The van der Waals surface area contributed by atoms with Crippen molar-refractivity contribution in [3.63, 3.8) is 0 Å². The molecule has 1 N–H and O–H groups in total. The van der Waals surface area contributed by atoms with E-state index in [1.165, 1.54) is 24.3 Å². The molecule has 1 fully saturated rings. The van der Waals surface area contributed by atoms with Crippen LogP contribution in [0.15, 0.2) is 53.4 Å². The van der Waals surface area contributed by atoms with Crippen LogP contribution in [0.1, 0.15) is 5.56 Å². The van der Waals surface area contributed by atoms with Gasteiger partial charge in [0.1, 0.15) is 11.6 Å². The van der Waals surface area contributed by atoms with E-state index in [0.717, 1.165) is 22.2 Å². The highest BCUT2D eigenvalue weighted by molar-refractivity contribution is 8.18. The average Bonchev–Trinajstić information content (AvgIpc) is 2.96. The normalized spacial score (nSPS) is 15.1. The molecule has 1 heterocycles. The van der Waals surface area contributed by atoms with Gasteiger partial charge < -0.3 is 10.1 Å². The van der Waals surface area contributed by atoms with E-state index in [4.69, 9.17) is 16.3 Å². The number of nitrogens with zero attached hydrogens (tertiary/aromatic N) is 1. The number of benzene rings is 2. The Balaban J connectivity index is 1.47. The average molecular weight is 435 g/mol. The van der Waals surface area contributed by atoms with Crippen LogP contribution in [0.2, 0.25) is 5.02 Å². The molecule has 1 aliphatic rings. The number of amides is 3. The number of halogens is 2. The minimum absolute atomic E-state index is 0.0465. The van der Waals surface area contributed by atoms with Crippen molar-refractivity contribution in [2.24, 2.45) is 0 Å². The lowest BCUT2D eigenvalue weighted by Gasteiger charge is -2.13. The van der Waals surface area contributed by atoms with Crippen molar-refractivity contribution >= 4 is 46.5 Å². The van der Waals surface area contributed by atoms with Gasteiger partial charge in [0, 0.05) is 18.1 Å². The van der Waals surface area contributed by atoms with Crippen molar-refractivity contribution in [1.29, 1.82) is 0 Å². The molecule has 29 heavy (non-hydrogen) atoms. The van der Waals surface area contributed by atoms with Crippen LogP contribution in [-0.4, -0.2) is 41.6 Å². The lowest BCUT2D eigenvalue weighted by Crippen LogP contribution is -2.38. The molecule has 6 nitrogen and oxygen atoms in total. The molecule has 1 saturated heterocycles. The monoisotopic (exact) mass is 434 g/mol. The number of nitrogens with one attached hydrogen (secondary N) is 1. The van der Waals surface area contributed by atoms with E-state index in [1.807, 2.05) is 0 Å². The van der Waals surface area contributed by atoms with Gasteiger partial charge in [-0.1, -0.05) is 23.7 Å². The quantitative estimate of drug-likeness (QED) is 0.672. The molecule has 0 saturated carbocycles. The maximum Gasteiger partial charge on any atom is 0.293 e. The first-order valence-electron chi connectivity index (χ1n) is 8.58. The third-order valence-electron chi connectivity index (χ3n) is 3.88. The minimum Gasteiger partial charge on any atom is -0.484 e. The molecule has 1 aliphatic heterocycles. The van der Waals surface area contributed by atoms with Crippen molar-refractivity contribution in [3.05, 3.63) is 69.8 Å². The molecule has 0 atom stereocenters. The second-order valence-electron chi connectivity index (χ2n) is 5.98. The van der Waals surface area contributed by atoms with Crippen LogP contribution in [-0.2, 0) is 9.59 Å². The lowest BCUT2D eigenvalue weighted by molar-refractivity contribution is -0.125. The van der Waals surface area contributed by atoms with Crippen molar-refractivity contribution in [1.82, 2.24) is 10.2 Å². The molecule has 3 amide bonds. The van der Waals surface area contributed by atoms with E-state index >= 15 is 0 Å². The molecule has 0 aliphatic carbocycles. The Morgan fingerprint density at radius 2 is 1.83 bits per heavy atom. The lowest BCUT2D eigenvalue weighted by atomic mass is 10.2. The number of thioether (sulfide) groups is 1. The number of ether oxygens (including phenoxy) is 1. The standard InChI is InChI=1S/C20H16ClFN2O4S/c21-14-3-1-13(2-4-14)11-17-19(26)24(20(27)29-17)10-9-23-18(25)12-28-16-7-5-15(22)6-8-16/h1-8,11H,9-10,12H2,(H,23,25)/b17-11-. The maximum absolute atomic E-state index is 12.8. The van der Waals surface area contributed by atoms with Crippen LogP contribution in [0.25, 0.3) is 6.08 Å². The van der Waals surface area contributed by atoms with Gasteiger partial charge in [-0.2, -0.15) is 0 Å². The summed E-state index contributed by atoms with van der Waals surface area (Å²) in [6.45, 7) is -0.118. The summed E-state index contributed by atoms with van der Waals surface area (Å²) in [6.07, 6.45) is 1.62. The highest BCUT2D eigenvalue weighted by Gasteiger charge is 2.34. The van der Waals surface area contributed by atoms with E-state index < -0.39 is 22.9 Å². The van der Waals surface area contributed by atoms with E-state index in [-0.39, 0.29) is 19.7 Å². The molecule has 3 rings (SSSR count). The van der Waals surface area contributed by atoms with Gasteiger partial charge in [-0.15, -0.1) is 0 Å². The molecule has 0 aromatic heterocycles. The number of hydrogen-bond acceptors (Lipinski definition) is 5. The summed E-state index contributed by atoms with van der Waals surface area (Å²) in [4.78, 5) is 37.7. The first kappa shape index (κ1) is 20.9.